The quantitative estimate of drug-likeness (QED) is 0.680. The lowest BCUT2D eigenvalue weighted by atomic mass is 9.94. The van der Waals surface area contributed by atoms with Crippen LogP contribution >= 0.6 is 0 Å². The molecule has 0 N–H and O–H groups in total. The Kier molecular flexibility index (Phi) is 3.84. The van der Waals surface area contributed by atoms with Gasteiger partial charge in [-0.25, -0.2) is 4.39 Å². The van der Waals surface area contributed by atoms with Crippen molar-refractivity contribution < 1.29 is 18.7 Å². The number of carbonyl (C=O) groups excluding carboxylic acids is 1. The second-order valence-corrected chi connectivity index (χ2v) is 5.58. The van der Waals surface area contributed by atoms with Gasteiger partial charge in [-0.1, -0.05) is 31.2 Å². The molecule has 1 heterocycles. The Bertz CT molecular complexity index is 724. The molecule has 0 amide bonds. The molecule has 0 fully saturated rings. The number of rotatable bonds is 3. The molecule has 0 aliphatic carbocycles. The van der Waals surface area contributed by atoms with Crippen LogP contribution in [0.15, 0.2) is 36.4 Å². The van der Waals surface area contributed by atoms with Crippen LogP contribution in [-0.4, -0.2) is 12.6 Å². The van der Waals surface area contributed by atoms with E-state index in [1.165, 1.54) is 13.0 Å². The normalized spacial score (nSPS) is 13.6. The van der Waals surface area contributed by atoms with Crippen molar-refractivity contribution >= 4 is 5.97 Å². The Hall–Kier alpha value is -2.36. The number of fused-ring (bicyclic) bond motifs is 2. The Labute approximate surface area is 128 Å². The summed E-state index contributed by atoms with van der Waals surface area (Å²) in [6.07, 6.45) is 0.635. The summed E-state index contributed by atoms with van der Waals surface area (Å²) in [5.41, 5.74) is 2.67. The van der Waals surface area contributed by atoms with Gasteiger partial charge in [-0.2, -0.15) is 0 Å². The van der Waals surface area contributed by atoms with Crippen molar-refractivity contribution in [3.05, 3.63) is 58.9 Å². The van der Waals surface area contributed by atoms with Gasteiger partial charge in [0.1, 0.15) is 5.75 Å². The van der Waals surface area contributed by atoms with Crippen LogP contribution in [0.3, 0.4) is 0 Å². The summed E-state index contributed by atoms with van der Waals surface area (Å²) >= 11 is 0. The standard InChI is InChI=1S/C18H17FO3/c1-11(10-21-12(2)20)14-8-15-7-13-5-3-4-6-17(13)22-18(15)16(19)9-14/h3-6,8-9,11H,7,10H2,1-2H3. The number of para-hydroxylation sites is 1. The van der Waals surface area contributed by atoms with Crippen LogP contribution in [-0.2, 0) is 16.0 Å². The van der Waals surface area contributed by atoms with Crippen LogP contribution in [0.1, 0.15) is 36.5 Å². The van der Waals surface area contributed by atoms with Crippen LogP contribution in [0.2, 0.25) is 0 Å². The van der Waals surface area contributed by atoms with Crippen molar-refractivity contribution in [1.82, 2.24) is 0 Å². The summed E-state index contributed by atoms with van der Waals surface area (Å²) in [7, 11) is 0. The van der Waals surface area contributed by atoms with E-state index < -0.39 is 0 Å². The van der Waals surface area contributed by atoms with E-state index in [0.29, 0.717) is 17.9 Å². The first-order valence-electron chi connectivity index (χ1n) is 7.26. The molecule has 3 nitrogen and oxygen atoms in total. The van der Waals surface area contributed by atoms with Crippen LogP contribution in [0.5, 0.6) is 11.5 Å². The zero-order valence-electron chi connectivity index (χ0n) is 12.6. The Morgan fingerprint density at radius 1 is 1.32 bits per heavy atom. The third-order valence-corrected chi connectivity index (χ3v) is 3.81. The summed E-state index contributed by atoms with van der Waals surface area (Å²) in [5, 5.41) is 0. The second kappa shape index (κ2) is 5.79. The molecule has 0 bridgehead atoms. The van der Waals surface area contributed by atoms with Gasteiger partial charge < -0.3 is 9.47 Å². The predicted molar refractivity (Wildman–Crippen MR) is 80.8 cm³/mol. The van der Waals surface area contributed by atoms with Gasteiger partial charge in [-0.05, 0) is 23.3 Å². The van der Waals surface area contributed by atoms with E-state index >= 15 is 0 Å². The number of hydrogen-bond donors (Lipinski definition) is 0. The van der Waals surface area contributed by atoms with Crippen LogP contribution in [0.25, 0.3) is 0 Å². The fourth-order valence-corrected chi connectivity index (χ4v) is 2.61. The first-order chi connectivity index (χ1) is 10.5. The van der Waals surface area contributed by atoms with Crippen LogP contribution < -0.4 is 4.74 Å². The Morgan fingerprint density at radius 3 is 2.86 bits per heavy atom. The zero-order chi connectivity index (χ0) is 15.7. The van der Waals surface area contributed by atoms with E-state index in [1.54, 1.807) is 0 Å². The van der Waals surface area contributed by atoms with Gasteiger partial charge in [0.25, 0.3) is 0 Å². The van der Waals surface area contributed by atoms with Crippen molar-refractivity contribution in [2.45, 2.75) is 26.2 Å². The van der Waals surface area contributed by atoms with Gasteiger partial charge in [0.05, 0.1) is 6.61 Å². The third-order valence-electron chi connectivity index (χ3n) is 3.81. The highest BCUT2D eigenvalue weighted by atomic mass is 19.1. The lowest BCUT2D eigenvalue weighted by Gasteiger charge is -2.22. The number of halogens is 1. The average Bonchev–Trinajstić information content (AvgIpc) is 2.50. The molecule has 114 valence electrons. The third kappa shape index (κ3) is 2.82. The van der Waals surface area contributed by atoms with Gasteiger partial charge >= 0.3 is 5.97 Å². The van der Waals surface area contributed by atoms with E-state index in [1.807, 2.05) is 37.3 Å². The molecule has 3 rings (SSSR count). The lowest BCUT2D eigenvalue weighted by Crippen LogP contribution is -2.11. The summed E-state index contributed by atoms with van der Waals surface area (Å²) in [5.74, 6) is 0.219. The van der Waals surface area contributed by atoms with E-state index in [-0.39, 0.29) is 24.3 Å². The molecule has 1 atom stereocenters. The van der Waals surface area contributed by atoms with Gasteiger partial charge in [-0.15, -0.1) is 0 Å². The maximum Gasteiger partial charge on any atom is 0.302 e. The molecule has 0 saturated carbocycles. The fraction of sp³-hybridized carbons (Fsp3) is 0.278. The molecule has 22 heavy (non-hydrogen) atoms. The summed E-state index contributed by atoms with van der Waals surface area (Å²) in [6, 6.07) is 11.0. The second-order valence-electron chi connectivity index (χ2n) is 5.58. The highest BCUT2D eigenvalue weighted by Crippen LogP contribution is 2.39. The first-order valence-corrected chi connectivity index (χ1v) is 7.26. The number of esters is 1. The minimum atomic E-state index is -0.378. The smallest absolute Gasteiger partial charge is 0.302 e. The van der Waals surface area contributed by atoms with Gasteiger partial charge in [-0.3, -0.25) is 4.79 Å². The molecule has 2 aromatic carbocycles. The molecule has 1 aliphatic heterocycles. The monoisotopic (exact) mass is 300 g/mol. The number of carbonyl (C=O) groups is 1. The molecule has 0 aromatic heterocycles. The maximum atomic E-state index is 14.4. The van der Waals surface area contributed by atoms with Crippen LogP contribution in [0, 0.1) is 5.82 Å². The van der Waals surface area contributed by atoms with E-state index in [4.69, 9.17) is 9.47 Å². The maximum absolute atomic E-state index is 14.4. The van der Waals surface area contributed by atoms with Gasteiger partial charge in [0.2, 0.25) is 0 Å². The number of hydrogen-bond acceptors (Lipinski definition) is 3. The molecule has 0 spiro atoms. The minimum Gasteiger partial charge on any atom is -0.465 e. The van der Waals surface area contributed by atoms with Crippen molar-refractivity contribution in [3.8, 4) is 11.5 Å². The van der Waals surface area contributed by atoms with Crippen molar-refractivity contribution in [2.75, 3.05) is 6.61 Å². The van der Waals surface area contributed by atoms with E-state index in [0.717, 1.165) is 16.7 Å². The molecule has 1 unspecified atom stereocenters. The zero-order valence-corrected chi connectivity index (χ0v) is 12.6. The van der Waals surface area contributed by atoms with Crippen LogP contribution in [0.4, 0.5) is 4.39 Å². The molecular formula is C18H17FO3. The molecule has 0 radical (unpaired) electrons. The molecular weight excluding hydrogens is 283 g/mol. The van der Waals surface area contributed by atoms with Gasteiger partial charge in [0.15, 0.2) is 11.6 Å². The van der Waals surface area contributed by atoms with Crippen molar-refractivity contribution in [3.63, 3.8) is 0 Å². The molecule has 4 heteroatoms. The largest absolute Gasteiger partial charge is 0.465 e. The first kappa shape index (κ1) is 14.6. The highest BCUT2D eigenvalue weighted by Gasteiger charge is 2.22. The summed E-state index contributed by atoms with van der Waals surface area (Å²) in [6.45, 7) is 3.51. The Morgan fingerprint density at radius 2 is 2.09 bits per heavy atom. The fourth-order valence-electron chi connectivity index (χ4n) is 2.61. The topological polar surface area (TPSA) is 35.5 Å². The highest BCUT2D eigenvalue weighted by molar-refractivity contribution is 5.66. The lowest BCUT2D eigenvalue weighted by molar-refractivity contribution is -0.141. The van der Waals surface area contributed by atoms with Gasteiger partial charge in [0, 0.05) is 24.8 Å². The van der Waals surface area contributed by atoms with E-state index in [9.17, 15) is 9.18 Å². The predicted octanol–water partition coefficient (Wildman–Crippen LogP) is 4.19. The molecule has 0 saturated heterocycles. The number of ether oxygens (including phenoxy) is 2. The number of benzene rings is 2. The molecule has 1 aliphatic rings. The van der Waals surface area contributed by atoms with Crippen molar-refractivity contribution in [1.29, 1.82) is 0 Å². The summed E-state index contributed by atoms with van der Waals surface area (Å²) in [4.78, 5) is 10.9. The minimum absolute atomic E-state index is 0.0686. The summed E-state index contributed by atoms with van der Waals surface area (Å²) < 4.78 is 25.0. The average molecular weight is 300 g/mol. The molecule has 2 aromatic rings. The van der Waals surface area contributed by atoms with E-state index in [2.05, 4.69) is 0 Å². The SMILES string of the molecule is CC(=O)OCC(C)c1cc(F)c2c(c1)Cc1ccccc1O2. The Balaban J connectivity index is 1.89. The van der Waals surface area contributed by atoms with Crippen molar-refractivity contribution in [2.24, 2.45) is 0 Å².